The van der Waals surface area contributed by atoms with E-state index in [1.54, 1.807) is 4.31 Å². The summed E-state index contributed by atoms with van der Waals surface area (Å²) in [7, 11) is -3.00. The Labute approximate surface area is 117 Å². The molecule has 2 aliphatic heterocycles. The molecule has 0 aliphatic carbocycles. The number of ether oxygens (including phenoxy) is 1. The molecular formula is C13H26N2O3S. The maximum absolute atomic E-state index is 11.9. The smallest absolute Gasteiger partial charge is 0.214 e. The molecule has 0 radical (unpaired) electrons. The average molecular weight is 290 g/mol. The van der Waals surface area contributed by atoms with Crippen LogP contribution < -0.4 is 0 Å². The molecule has 5 nitrogen and oxygen atoms in total. The van der Waals surface area contributed by atoms with Gasteiger partial charge in [0.1, 0.15) is 0 Å². The lowest BCUT2D eigenvalue weighted by Crippen LogP contribution is -2.63. The Bertz CT molecular complexity index is 373. The Balaban J connectivity index is 1.87. The van der Waals surface area contributed by atoms with Crippen molar-refractivity contribution in [2.45, 2.75) is 45.2 Å². The molecule has 2 aliphatic rings. The fourth-order valence-corrected chi connectivity index (χ4v) is 4.64. The van der Waals surface area contributed by atoms with Crippen LogP contribution in [0.15, 0.2) is 0 Å². The topological polar surface area (TPSA) is 49.9 Å². The zero-order chi connectivity index (χ0) is 13.9. The van der Waals surface area contributed by atoms with Gasteiger partial charge in [-0.1, -0.05) is 13.8 Å². The van der Waals surface area contributed by atoms with Crippen molar-refractivity contribution in [3.05, 3.63) is 0 Å². The minimum Gasteiger partial charge on any atom is -0.381 e. The molecule has 112 valence electrons. The summed E-state index contributed by atoms with van der Waals surface area (Å²) in [6.45, 7) is 8.10. The Kier molecular flexibility index (Phi) is 5.22. The van der Waals surface area contributed by atoms with E-state index in [2.05, 4.69) is 11.8 Å². The molecular weight excluding hydrogens is 264 g/mol. The minimum atomic E-state index is -3.00. The van der Waals surface area contributed by atoms with Crippen molar-refractivity contribution in [3.63, 3.8) is 0 Å². The molecule has 2 rings (SSSR count). The second kappa shape index (κ2) is 6.52. The number of rotatable bonds is 6. The molecule has 0 saturated carbocycles. The van der Waals surface area contributed by atoms with Crippen molar-refractivity contribution in [3.8, 4) is 0 Å². The Morgan fingerprint density at radius 2 is 1.79 bits per heavy atom. The summed E-state index contributed by atoms with van der Waals surface area (Å²) >= 11 is 0. The quantitative estimate of drug-likeness (QED) is 0.730. The standard InChI is InChI=1S/C13H26N2O3S/c1-3-9-19(16,17)14-10-13(11-14)15(4-2)12-5-7-18-8-6-12/h12-13H,3-11H2,1-2H3. The van der Waals surface area contributed by atoms with E-state index in [9.17, 15) is 8.42 Å². The van der Waals surface area contributed by atoms with Crippen molar-refractivity contribution >= 4 is 10.0 Å². The first-order chi connectivity index (χ1) is 9.08. The van der Waals surface area contributed by atoms with Gasteiger partial charge >= 0.3 is 0 Å². The van der Waals surface area contributed by atoms with Crippen LogP contribution in [-0.4, -0.2) is 68.3 Å². The van der Waals surface area contributed by atoms with Crippen LogP contribution in [0.5, 0.6) is 0 Å². The average Bonchev–Trinajstić information content (AvgIpc) is 2.33. The van der Waals surface area contributed by atoms with E-state index in [1.807, 2.05) is 6.92 Å². The number of likely N-dealkylation sites (N-methyl/N-ethyl adjacent to an activating group) is 1. The zero-order valence-electron chi connectivity index (χ0n) is 12.0. The highest BCUT2D eigenvalue weighted by atomic mass is 32.2. The molecule has 0 N–H and O–H groups in total. The van der Waals surface area contributed by atoms with Gasteiger partial charge in [0.2, 0.25) is 10.0 Å². The van der Waals surface area contributed by atoms with Crippen LogP contribution in [0.3, 0.4) is 0 Å². The molecule has 6 heteroatoms. The Morgan fingerprint density at radius 1 is 1.16 bits per heavy atom. The maximum atomic E-state index is 11.9. The number of nitrogens with zero attached hydrogens (tertiary/aromatic N) is 2. The summed E-state index contributed by atoms with van der Waals surface area (Å²) in [4.78, 5) is 2.47. The Hall–Kier alpha value is -0.170. The van der Waals surface area contributed by atoms with Crippen molar-refractivity contribution in [2.24, 2.45) is 0 Å². The third-order valence-corrected chi connectivity index (χ3v) is 6.19. The molecule has 19 heavy (non-hydrogen) atoms. The first-order valence-corrected chi connectivity index (χ1v) is 9.00. The van der Waals surface area contributed by atoms with Crippen LogP contribution in [0.2, 0.25) is 0 Å². The van der Waals surface area contributed by atoms with E-state index in [4.69, 9.17) is 4.74 Å². The molecule has 0 atom stereocenters. The molecule has 2 saturated heterocycles. The molecule has 0 unspecified atom stereocenters. The van der Waals surface area contributed by atoms with E-state index >= 15 is 0 Å². The molecule has 0 bridgehead atoms. The molecule has 0 aromatic carbocycles. The fraction of sp³-hybridized carbons (Fsp3) is 1.00. The fourth-order valence-electron chi connectivity index (χ4n) is 3.07. The third kappa shape index (κ3) is 3.48. The van der Waals surface area contributed by atoms with E-state index in [0.29, 0.717) is 31.6 Å². The van der Waals surface area contributed by atoms with Crippen LogP contribution in [0.4, 0.5) is 0 Å². The third-order valence-electron chi connectivity index (χ3n) is 4.18. The summed E-state index contributed by atoms with van der Waals surface area (Å²) in [6, 6.07) is 0.972. The van der Waals surface area contributed by atoms with Crippen molar-refractivity contribution in [1.82, 2.24) is 9.21 Å². The van der Waals surface area contributed by atoms with Crippen molar-refractivity contribution in [2.75, 3.05) is 38.6 Å². The van der Waals surface area contributed by atoms with E-state index < -0.39 is 10.0 Å². The van der Waals surface area contributed by atoms with E-state index in [1.165, 1.54) is 0 Å². The van der Waals surface area contributed by atoms with Gasteiger partial charge in [-0.25, -0.2) is 8.42 Å². The highest BCUT2D eigenvalue weighted by Gasteiger charge is 2.40. The summed E-state index contributed by atoms with van der Waals surface area (Å²) in [6.07, 6.45) is 2.85. The lowest BCUT2D eigenvalue weighted by atomic mass is 10.0. The summed E-state index contributed by atoms with van der Waals surface area (Å²) < 4.78 is 30.9. The zero-order valence-corrected chi connectivity index (χ0v) is 12.9. The monoisotopic (exact) mass is 290 g/mol. The normalized spacial score (nSPS) is 23.7. The van der Waals surface area contributed by atoms with Gasteiger partial charge in [-0.2, -0.15) is 4.31 Å². The molecule has 2 fully saturated rings. The van der Waals surface area contributed by atoms with Gasteiger partial charge in [0.05, 0.1) is 5.75 Å². The highest BCUT2D eigenvalue weighted by molar-refractivity contribution is 7.89. The summed E-state index contributed by atoms with van der Waals surface area (Å²) in [5.41, 5.74) is 0. The Morgan fingerprint density at radius 3 is 2.32 bits per heavy atom. The predicted molar refractivity (Wildman–Crippen MR) is 75.7 cm³/mol. The largest absolute Gasteiger partial charge is 0.381 e. The van der Waals surface area contributed by atoms with Gasteiger partial charge in [0.15, 0.2) is 0 Å². The first kappa shape index (κ1) is 15.2. The second-order valence-corrected chi connectivity index (χ2v) is 7.55. The number of sulfonamides is 1. The van der Waals surface area contributed by atoms with Gasteiger partial charge < -0.3 is 4.74 Å². The van der Waals surface area contributed by atoms with E-state index in [-0.39, 0.29) is 5.75 Å². The maximum Gasteiger partial charge on any atom is 0.214 e. The van der Waals surface area contributed by atoms with Crippen LogP contribution in [-0.2, 0) is 14.8 Å². The van der Waals surface area contributed by atoms with Crippen molar-refractivity contribution < 1.29 is 13.2 Å². The molecule has 2 heterocycles. The SMILES string of the molecule is CCCS(=O)(=O)N1CC(N(CC)C2CCOCC2)C1. The van der Waals surface area contributed by atoms with Crippen molar-refractivity contribution in [1.29, 1.82) is 0 Å². The van der Waals surface area contributed by atoms with Gasteiger partial charge in [-0.15, -0.1) is 0 Å². The number of hydrogen-bond donors (Lipinski definition) is 0. The predicted octanol–water partition coefficient (Wildman–Crippen LogP) is 0.911. The van der Waals surface area contributed by atoms with Gasteiger partial charge in [-0.05, 0) is 25.8 Å². The summed E-state index contributed by atoms with van der Waals surface area (Å²) in [5, 5.41) is 0. The molecule has 0 amide bonds. The van der Waals surface area contributed by atoms with Crippen LogP contribution in [0, 0.1) is 0 Å². The van der Waals surface area contributed by atoms with Gasteiger partial charge in [0, 0.05) is 38.4 Å². The number of hydrogen-bond acceptors (Lipinski definition) is 4. The van der Waals surface area contributed by atoms with Gasteiger partial charge in [0.25, 0.3) is 0 Å². The summed E-state index contributed by atoms with van der Waals surface area (Å²) in [5.74, 6) is 0.281. The lowest BCUT2D eigenvalue weighted by Gasteiger charge is -2.48. The lowest BCUT2D eigenvalue weighted by molar-refractivity contribution is -0.00745. The van der Waals surface area contributed by atoms with Crippen LogP contribution in [0.1, 0.15) is 33.1 Å². The van der Waals surface area contributed by atoms with Crippen LogP contribution in [0.25, 0.3) is 0 Å². The van der Waals surface area contributed by atoms with Crippen LogP contribution >= 0.6 is 0 Å². The molecule has 0 aromatic heterocycles. The minimum absolute atomic E-state index is 0.281. The van der Waals surface area contributed by atoms with Gasteiger partial charge in [-0.3, -0.25) is 4.90 Å². The molecule has 0 aromatic rings. The second-order valence-electron chi connectivity index (χ2n) is 5.46. The molecule has 0 spiro atoms. The van der Waals surface area contributed by atoms with E-state index in [0.717, 1.165) is 32.6 Å². The highest BCUT2D eigenvalue weighted by Crippen LogP contribution is 2.24. The first-order valence-electron chi connectivity index (χ1n) is 7.39.